The van der Waals surface area contributed by atoms with Crippen LogP contribution in [0.4, 0.5) is 0 Å². The molecule has 1 aliphatic rings. The summed E-state index contributed by atoms with van der Waals surface area (Å²) in [6.07, 6.45) is 1.36. The molecule has 0 radical (unpaired) electrons. The Morgan fingerprint density at radius 1 is 1.32 bits per heavy atom. The van der Waals surface area contributed by atoms with Gasteiger partial charge < -0.3 is 5.11 Å². The lowest BCUT2D eigenvalue weighted by atomic mass is 10.1. The van der Waals surface area contributed by atoms with Crippen LogP contribution in [0.5, 0.6) is 0 Å². The molecule has 0 aliphatic carbocycles. The molecule has 1 unspecified atom stereocenters. The Hall–Kier alpha value is -0.480. The van der Waals surface area contributed by atoms with Gasteiger partial charge in [0.05, 0.1) is 6.10 Å². The first kappa shape index (κ1) is 13.5. The number of thioether (sulfide) groups is 1. The second-order valence-corrected chi connectivity index (χ2v) is 7.46. The Morgan fingerprint density at radius 2 is 2.21 bits per heavy atom. The number of fused-ring (bicyclic) bond motifs is 1. The summed E-state index contributed by atoms with van der Waals surface area (Å²) in [7, 11) is 0. The second kappa shape index (κ2) is 5.88. The first-order valence-corrected chi connectivity index (χ1v) is 8.69. The van der Waals surface area contributed by atoms with Crippen LogP contribution in [0.1, 0.15) is 27.0 Å². The largest absolute Gasteiger partial charge is 0.387 e. The number of thiophene rings is 1. The SMILES string of the molecule is OC(Cc1cccc(Cl)c1)c1cc2c(s1)CCSC2. The maximum atomic E-state index is 10.4. The van der Waals surface area contributed by atoms with Crippen LogP contribution in [0.2, 0.25) is 5.02 Å². The highest BCUT2D eigenvalue weighted by Crippen LogP contribution is 2.35. The summed E-state index contributed by atoms with van der Waals surface area (Å²) in [4.78, 5) is 2.55. The number of aliphatic hydroxyl groups is 1. The van der Waals surface area contributed by atoms with Crippen LogP contribution in [-0.2, 0) is 18.6 Å². The molecule has 1 nitrogen and oxygen atoms in total. The Balaban J connectivity index is 1.76. The zero-order valence-electron chi connectivity index (χ0n) is 10.4. The minimum atomic E-state index is -0.418. The number of benzene rings is 1. The van der Waals surface area contributed by atoms with E-state index in [1.807, 2.05) is 36.0 Å². The van der Waals surface area contributed by atoms with E-state index >= 15 is 0 Å². The summed E-state index contributed by atoms with van der Waals surface area (Å²) in [6.45, 7) is 0. The molecular formula is C15H15ClOS2. The Labute approximate surface area is 126 Å². The van der Waals surface area contributed by atoms with Crippen LogP contribution >= 0.6 is 34.7 Å². The van der Waals surface area contributed by atoms with Crippen molar-refractivity contribution >= 4 is 34.7 Å². The molecular weight excluding hydrogens is 296 g/mol. The molecule has 1 aromatic heterocycles. The summed E-state index contributed by atoms with van der Waals surface area (Å²) < 4.78 is 0. The smallest absolute Gasteiger partial charge is 0.0922 e. The molecule has 2 aromatic rings. The van der Waals surface area contributed by atoms with Crippen LogP contribution in [-0.4, -0.2) is 10.9 Å². The third kappa shape index (κ3) is 3.16. The van der Waals surface area contributed by atoms with Crippen molar-refractivity contribution in [3.05, 3.63) is 56.2 Å². The molecule has 1 atom stereocenters. The molecule has 1 N–H and O–H groups in total. The highest BCUT2D eigenvalue weighted by atomic mass is 35.5. The molecule has 100 valence electrons. The fourth-order valence-electron chi connectivity index (χ4n) is 2.32. The van der Waals surface area contributed by atoms with E-state index in [9.17, 15) is 5.11 Å². The van der Waals surface area contributed by atoms with Crippen molar-refractivity contribution < 1.29 is 5.11 Å². The predicted octanol–water partition coefficient (Wildman–Crippen LogP) is 4.47. The van der Waals surface area contributed by atoms with Crippen molar-refractivity contribution in [2.45, 2.75) is 24.7 Å². The third-order valence-corrected chi connectivity index (χ3v) is 5.87. The van der Waals surface area contributed by atoms with E-state index in [-0.39, 0.29) is 0 Å². The maximum absolute atomic E-state index is 10.4. The molecule has 3 rings (SSSR count). The van der Waals surface area contributed by atoms with Crippen molar-refractivity contribution in [1.29, 1.82) is 0 Å². The Morgan fingerprint density at radius 3 is 3.00 bits per heavy atom. The normalized spacial score (nSPS) is 16.1. The van der Waals surface area contributed by atoms with Crippen molar-refractivity contribution in [3.63, 3.8) is 0 Å². The summed E-state index contributed by atoms with van der Waals surface area (Å²) in [5.41, 5.74) is 2.50. The second-order valence-electron chi connectivity index (χ2n) is 4.75. The third-order valence-electron chi connectivity index (χ3n) is 3.29. The lowest BCUT2D eigenvalue weighted by Crippen LogP contribution is -1.99. The number of rotatable bonds is 3. The molecule has 1 aliphatic heterocycles. The fraction of sp³-hybridized carbons (Fsp3) is 0.333. The lowest BCUT2D eigenvalue weighted by Gasteiger charge is -2.08. The van der Waals surface area contributed by atoms with Crippen LogP contribution < -0.4 is 0 Å². The molecule has 0 spiro atoms. The van der Waals surface area contributed by atoms with Crippen molar-refractivity contribution in [2.24, 2.45) is 0 Å². The summed E-state index contributed by atoms with van der Waals surface area (Å²) in [6, 6.07) is 9.91. The molecule has 0 saturated heterocycles. The summed E-state index contributed by atoms with van der Waals surface area (Å²) >= 11 is 9.72. The predicted molar refractivity (Wildman–Crippen MR) is 84.3 cm³/mol. The van der Waals surface area contributed by atoms with E-state index in [4.69, 9.17) is 11.6 Å². The standard InChI is InChI=1S/C15H15ClOS2/c16-12-3-1-2-10(6-12)7-13(17)15-8-11-9-18-5-4-14(11)19-15/h1-3,6,8,13,17H,4-5,7,9H2. The maximum Gasteiger partial charge on any atom is 0.0922 e. The van der Waals surface area contributed by atoms with E-state index in [1.54, 1.807) is 11.3 Å². The minimum Gasteiger partial charge on any atom is -0.387 e. The van der Waals surface area contributed by atoms with Crippen LogP contribution in [0.15, 0.2) is 30.3 Å². The molecule has 2 heterocycles. The molecule has 0 bridgehead atoms. The average molecular weight is 311 g/mol. The quantitative estimate of drug-likeness (QED) is 0.902. The lowest BCUT2D eigenvalue weighted by molar-refractivity contribution is 0.182. The number of hydrogen-bond donors (Lipinski definition) is 1. The van der Waals surface area contributed by atoms with Crippen LogP contribution in [0.25, 0.3) is 0 Å². The van der Waals surface area contributed by atoms with Gasteiger partial charge in [-0.1, -0.05) is 23.7 Å². The van der Waals surface area contributed by atoms with Crippen molar-refractivity contribution in [1.82, 2.24) is 0 Å². The zero-order chi connectivity index (χ0) is 13.2. The minimum absolute atomic E-state index is 0.418. The fourth-order valence-corrected chi connectivity index (χ4v) is 4.90. The van der Waals surface area contributed by atoms with E-state index in [2.05, 4.69) is 6.07 Å². The van der Waals surface area contributed by atoms with Gasteiger partial charge in [0.25, 0.3) is 0 Å². The van der Waals surface area contributed by atoms with E-state index in [0.29, 0.717) is 6.42 Å². The van der Waals surface area contributed by atoms with Gasteiger partial charge in [-0.25, -0.2) is 0 Å². The number of aryl methyl sites for hydroxylation is 1. The van der Waals surface area contributed by atoms with E-state index in [1.165, 1.54) is 16.2 Å². The molecule has 0 fully saturated rings. The Bertz CT molecular complexity index is 556. The number of aliphatic hydroxyl groups excluding tert-OH is 1. The van der Waals surface area contributed by atoms with Crippen LogP contribution in [0.3, 0.4) is 0 Å². The van der Waals surface area contributed by atoms with Gasteiger partial charge in [-0.05, 0) is 41.5 Å². The first-order valence-electron chi connectivity index (χ1n) is 6.34. The van der Waals surface area contributed by atoms with E-state index in [0.717, 1.165) is 27.6 Å². The molecule has 4 heteroatoms. The molecule has 19 heavy (non-hydrogen) atoms. The average Bonchev–Trinajstić information content (AvgIpc) is 2.82. The Kier molecular flexibility index (Phi) is 4.18. The monoisotopic (exact) mass is 310 g/mol. The highest BCUT2D eigenvalue weighted by Gasteiger charge is 2.18. The van der Waals surface area contributed by atoms with Gasteiger partial charge >= 0.3 is 0 Å². The van der Waals surface area contributed by atoms with Gasteiger partial charge in [-0.3, -0.25) is 0 Å². The van der Waals surface area contributed by atoms with Gasteiger partial charge in [-0.15, -0.1) is 11.3 Å². The number of halogens is 1. The van der Waals surface area contributed by atoms with Gasteiger partial charge in [0, 0.05) is 27.0 Å². The van der Waals surface area contributed by atoms with Gasteiger partial charge in [0.15, 0.2) is 0 Å². The molecule has 0 amide bonds. The van der Waals surface area contributed by atoms with Crippen molar-refractivity contribution in [2.75, 3.05) is 5.75 Å². The molecule has 1 aromatic carbocycles. The summed E-state index contributed by atoms with van der Waals surface area (Å²) in [5.74, 6) is 2.30. The first-order chi connectivity index (χ1) is 9.22. The van der Waals surface area contributed by atoms with Gasteiger partial charge in [0.2, 0.25) is 0 Å². The topological polar surface area (TPSA) is 20.2 Å². The molecule has 0 saturated carbocycles. The zero-order valence-corrected chi connectivity index (χ0v) is 12.8. The number of hydrogen-bond acceptors (Lipinski definition) is 3. The van der Waals surface area contributed by atoms with E-state index < -0.39 is 6.10 Å². The highest BCUT2D eigenvalue weighted by molar-refractivity contribution is 7.98. The van der Waals surface area contributed by atoms with Gasteiger partial charge in [-0.2, -0.15) is 11.8 Å². The van der Waals surface area contributed by atoms with Crippen LogP contribution in [0, 0.1) is 0 Å². The summed E-state index contributed by atoms with van der Waals surface area (Å²) in [5, 5.41) is 11.1. The van der Waals surface area contributed by atoms with Gasteiger partial charge in [0.1, 0.15) is 0 Å². The van der Waals surface area contributed by atoms with Crippen molar-refractivity contribution in [3.8, 4) is 0 Å².